The zero-order valence-corrected chi connectivity index (χ0v) is 11.7. The van der Waals surface area contributed by atoms with Crippen LogP contribution < -0.4 is 10.6 Å². The molecule has 0 aromatic carbocycles. The Hall–Kier alpha value is -1.59. The number of hydrogen-bond donors (Lipinski definition) is 2. The van der Waals surface area contributed by atoms with Crippen molar-refractivity contribution >= 4 is 11.5 Å². The van der Waals surface area contributed by atoms with Crippen LogP contribution in [0.4, 0.5) is 5.82 Å². The zero-order chi connectivity index (χ0) is 13.9. The van der Waals surface area contributed by atoms with Crippen LogP contribution >= 0.6 is 0 Å². The molecule has 1 aliphatic rings. The first kappa shape index (κ1) is 13.4. The van der Waals surface area contributed by atoms with Crippen molar-refractivity contribution in [1.82, 2.24) is 9.38 Å². The first-order valence-corrected chi connectivity index (χ1v) is 7.38. The molecule has 2 heterocycles. The molecule has 0 unspecified atom stereocenters. The standard InChI is InChI=1S/C15H22N4O/c16-11-13-15(17-14-7-3-4-8-19(13)14)18(9-10-20)12-5-1-2-6-12/h3-4,7-8,12,20H,1-2,5-6,9-11,16H2. The minimum Gasteiger partial charge on any atom is -0.395 e. The Morgan fingerprint density at radius 3 is 2.85 bits per heavy atom. The van der Waals surface area contributed by atoms with Gasteiger partial charge in [0.1, 0.15) is 5.65 Å². The number of fused-ring (bicyclic) bond motifs is 1. The van der Waals surface area contributed by atoms with Gasteiger partial charge < -0.3 is 20.1 Å². The lowest BCUT2D eigenvalue weighted by Crippen LogP contribution is -2.36. The van der Waals surface area contributed by atoms with Gasteiger partial charge in [-0.3, -0.25) is 0 Å². The van der Waals surface area contributed by atoms with Crippen molar-refractivity contribution in [2.45, 2.75) is 38.3 Å². The molecule has 1 saturated carbocycles. The second kappa shape index (κ2) is 5.81. The van der Waals surface area contributed by atoms with Gasteiger partial charge in [-0.15, -0.1) is 0 Å². The molecule has 5 nitrogen and oxygen atoms in total. The molecule has 0 amide bonds. The van der Waals surface area contributed by atoms with Crippen LogP contribution in [0.15, 0.2) is 24.4 Å². The van der Waals surface area contributed by atoms with E-state index in [0.29, 0.717) is 19.1 Å². The van der Waals surface area contributed by atoms with Crippen LogP contribution in [0.3, 0.4) is 0 Å². The molecule has 0 aliphatic heterocycles. The smallest absolute Gasteiger partial charge is 0.152 e. The van der Waals surface area contributed by atoms with Gasteiger partial charge in [-0.05, 0) is 25.0 Å². The highest BCUT2D eigenvalue weighted by molar-refractivity contribution is 5.56. The fraction of sp³-hybridized carbons (Fsp3) is 0.533. The maximum atomic E-state index is 9.39. The molecule has 1 aliphatic carbocycles. The molecule has 0 atom stereocenters. The number of nitrogens with zero attached hydrogens (tertiary/aromatic N) is 3. The molecular weight excluding hydrogens is 252 g/mol. The predicted molar refractivity (Wildman–Crippen MR) is 79.8 cm³/mol. The fourth-order valence-corrected chi connectivity index (χ4v) is 3.24. The highest BCUT2D eigenvalue weighted by atomic mass is 16.3. The molecule has 1 fully saturated rings. The lowest BCUT2D eigenvalue weighted by atomic mass is 10.2. The number of hydrogen-bond acceptors (Lipinski definition) is 4. The SMILES string of the molecule is NCc1c(N(CCO)C2CCCC2)nc2ccccn12. The summed E-state index contributed by atoms with van der Waals surface area (Å²) in [5, 5.41) is 9.39. The van der Waals surface area contributed by atoms with Gasteiger partial charge in [-0.2, -0.15) is 0 Å². The van der Waals surface area contributed by atoms with Crippen molar-refractivity contribution in [1.29, 1.82) is 0 Å². The Kier molecular flexibility index (Phi) is 3.89. The number of pyridine rings is 1. The third-order valence-corrected chi connectivity index (χ3v) is 4.18. The number of aliphatic hydroxyl groups is 1. The van der Waals surface area contributed by atoms with Crippen LogP contribution in [0.2, 0.25) is 0 Å². The van der Waals surface area contributed by atoms with Crippen LogP contribution in [-0.4, -0.2) is 33.7 Å². The average molecular weight is 274 g/mol. The molecule has 0 saturated heterocycles. The van der Waals surface area contributed by atoms with E-state index in [1.807, 2.05) is 24.4 Å². The number of nitrogens with two attached hydrogens (primary N) is 1. The average Bonchev–Trinajstić information content (AvgIpc) is 3.11. The topological polar surface area (TPSA) is 66.8 Å². The van der Waals surface area contributed by atoms with Gasteiger partial charge in [-0.25, -0.2) is 4.98 Å². The van der Waals surface area contributed by atoms with Crippen LogP contribution in [0.5, 0.6) is 0 Å². The van der Waals surface area contributed by atoms with Gasteiger partial charge >= 0.3 is 0 Å². The lowest BCUT2D eigenvalue weighted by molar-refractivity contribution is 0.296. The molecule has 2 aromatic rings. The number of aromatic nitrogens is 2. The van der Waals surface area contributed by atoms with Gasteiger partial charge in [0.2, 0.25) is 0 Å². The van der Waals surface area contributed by atoms with E-state index in [2.05, 4.69) is 9.30 Å². The molecule has 3 rings (SSSR count). The summed E-state index contributed by atoms with van der Waals surface area (Å²) in [6.45, 7) is 1.23. The van der Waals surface area contributed by atoms with Gasteiger partial charge in [0.25, 0.3) is 0 Å². The van der Waals surface area contributed by atoms with Crippen molar-refractivity contribution in [2.24, 2.45) is 5.73 Å². The first-order valence-electron chi connectivity index (χ1n) is 7.38. The van der Waals surface area contributed by atoms with E-state index >= 15 is 0 Å². The fourth-order valence-electron chi connectivity index (χ4n) is 3.24. The van der Waals surface area contributed by atoms with Gasteiger partial charge in [0.05, 0.1) is 12.3 Å². The zero-order valence-electron chi connectivity index (χ0n) is 11.7. The maximum absolute atomic E-state index is 9.39. The number of imidazole rings is 1. The third kappa shape index (κ3) is 2.27. The monoisotopic (exact) mass is 274 g/mol. The molecule has 5 heteroatoms. The Bertz CT molecular complexity index is 574. The van der Waals surface area contributed by atoms with Crippen molar-refractivity contribution in [3.05, 3.63) is 30.1 Å². The van der Waals surface area contributed by atoms with Crippen molar-refractivity contribution in [2.75, 3.05) is 18.1 Å². The van der Waals surface area contributed by atoms with E-state index in [4.69, 9.17) is 10.7 Å². The van der Waals surface area contributed by atoms with E-state index in [1.54, 1.807) is 0 Å². The van der Waals surface area contributed by atoms with Crippen LogP contribution in [0.1, 0.15) is 31.4 Å². The Balaban J connectivity index is 2.04. The van der Waals surface area contributed by atoms with E-state index in [0.717, 1.165) is 17.2 Å². The van der Waals surface area contributed by atoms with Crippen LogP contribution in [0, 0.1) is 0 Å². The largest absolute Gasteiger partial charge is 0.395 e. The van der Waals surface area contributed by atoms with E-state index in [1.165, 1.54) is 25.7 Å². The minimum absolute atomic E-state index is 0.147. The summed E-state index contributed by atoms with van der Waals surface area (Å²) in [5.41, 5.74) is 7.89. The van der Waals surface area contributed by atoms with Crippen molar-refractivity contribution in [3.8, 4) is 0 Å². The summed E-state index contributed by atoms with van der Waals surface area (Å²) in [6.07, 6.45) is 6.88. The number of aliphatic hydroxyl groups excluding tert-OH is 1. The molecule has 108 valence electrons. The third-order valence-electron chi connectivity index (χ3n) is 4.18. The molecule has 2 aromatic heterocycles. The summed E-state index contributed by atoms with van der Waals surface area (Å²) < 4.78 is 2.05. The molecule has 20 heavy (non-hydrogen) atoms. The molecule has 0 bridgehead atoms. The first-order chi connectivity index (χ1) is 9.85. The molecule has 3 N–H and O–H groups in total. The normalized spacial score (nSPS) is 16.1. The summed E-state index contributed by atoms with van der Waals surface area (Å²) in [4.78, 5) is 7.00. The van der Waals surface area contributed by atoms with Gasteiger partial charge in [0, 0.05) is 25.3 Å². The van der Waals surface area contributed by atoms with Gasteiger partial charge in [-0.1, -0.05) is 18.9 Å². The van der Waals surface area contributed by atoms with Gasteiger partial charge in [0.15, 0.2) is 5.82 Å². The van der Waals surface area contributed by atoms with E-state index < -0.39 is 0 Å². The lowest BCUT2D eigenvalue weighted by Gasteiger charge is -2.29. The van der Waals surface area contributed by atoms with Crippen molar-refractivity contribution < 1.29 is 5.11 Å². The van der Waals surface area contributed by atoms with Crippen LogP contribution in [-0.2, 0) is 6.54 Å². The van der Waals surface area contributed by atoms with Crippen molar-refractivity contribution in [3.63, 3.8) is 0 Å². The van der Waals surface area contributed by atoms with E-state index in [9.17, 15) is 5.11 Å². The molecular formula is C15H22N4O. The second-order valence-electron chi connectivity index (χ2n) is 5.37. The minimum atomic E-state index is 0.147. The maximum Gasteiger partial charge on any atom is 0.152 e. The van der Waals surface area contributed by atoms with Crippen LogP contribution in [0.25, 0.3) is 5.65 Å². The number of anilines is 1. The highest BCUT2D eigenvalue weighted by Gasteiger charge is 2.26. The summed E-state index contributed by atoms with van der Waals surface area (Å²) in [7, 11) is 0. The molecule has 0 radical (unpaired) electrons. The summed E-state index contributed by atoms with van der Waals surface area (Å²) >= 11 is 0. The second-order valence-corrected chi connectivity index (χ2v) is 5.37. The molecule has 0 spiro atoms. The number of rotatable bonds is 5. The van der Waals surface area contributed by atoms with E-state index in [-0.39, 0.29) is 6.61 Å². The predicted octanol–water partition coefficient (Wildman–Crippen LogP) is 1.53. The Morgan fingerprint density at radius 2 is 2.15 bits per heavy atom. The highest BCUT2D eigenvalue weighted by Crippen LogP contribution is 2.30. The quantitative estimate of drug-likeness (QED) is 0.868. The Morgan fingerprint density at radius 1 is 1.35 bits per heavy atom. The Labute approximate surface area is 119 Å². The summed E-state index contributed by atoms with van der Waals surface area (Å²) in [5.74, 6) is 0.944. The summed E-state index contributed by atoms with van der Waals surface area (Å²) in [6, 6.07) is 6.45.